The van der Waals surface area contributed by atoms with Crippen molar-refractivity contribution in [3.8, 4) is 0 Å². The van der Waals surface area contributed by atoms with Crippen LogP contribution in [0.4, 0.5) is 4.39 Å². The summed E-state index contributed by atoms with van der Waals surface area (Å²) < 4.78 is 13.3. The van der Waals surface area contributed by atoms with Gasteiger partial charge in [-0.25, -0.2) is 4.39 Å². The van der Waals surface area contributed by atoms with Crippen molar-refractivity contribution in [1.82, 2.24) is 4.90 Å². The summed E-state index contributed by atoms with van der Waals surface area (Å²) in [5, 5.41) is 9.27. The van der Waals surface area contributed by atoms with Crippen molar-refractivity contribution in [2.24, 2.45) is 11.7 Å². The number of nitrogens with zero attached hydrogens (tertiary/aromatic N) is 1. The Balaban J connectivity index is 2.01. The molecule has 0 bridgehead atoms. The number of aliphatic hydroxyl groups excluding tert-OH is 1. The van der Waals surface area contributed by atoms with Gasteiger partial charge in [0.1, 0.15) is 10.8 Å². The minimum atomic E-state index is -0.275. The maximum atomic E-state index is 13.3. The van der Waals surface area contributed by atoms with E-state index in [0.717, 1.165) is 30.5 Å². The van der Waals surface area contributed by atoms with Gasteiger partial charge in [0.25, 0.3) is 0 Å². The summed E-state index contributed by atoms with van der Waals surface area (Å²) in [5.41, 5.74) is 7.20. The molecule has 0 spiro atoms. The highest BCUT2D eigenvalue weighted by Gasteiger charge is 2.28. The molecule has 5 heteroatoms. The molecule has 0 aliphatic heterocycles. The first-order chi connectivity index (χ1) is 8.95. The molecule has 1 fully saturated rings. The average molecular weight is 282 g/mol. The van der Waals surface area contributed by atoms with Crippen LogP contribution in [0.3, 0.4) is 0 Å². The lowest BCUT2D eigenvalue weighted by Gasteiger charge is -2.34. The van der Waals surface area contributed by atoms with Crippen molar-refractivity contribution in [3.63, 3.8) is 0 Å². The summed E-state index contributed by atoms with van der Waals surface area (Å²) in [4.78, 5) is 2.41. The minimum absolute atomic E-state index is 0.139. The molecule has 1 aromatic carbocycles. The van der Waals surface area contributed by atoms with Gasteiger partial charge in [0.15, 0.2) is 0 Å². The third kappa shape index (κ3) is 3.72. The molecule has 0 heterocycles. The van der Waals surface area contributed by atoms with E-state index >= 15 is 0 Å². The molecule has 3 N–H and O–H groups in total. The van der Waals surface area contributed by atoms with Crippen LogP contribution >= 0.6 is 12.2 Å². The Morgan fingerprint density at radius 1 is 1.53 bits per heavy atom. The van der Waals surface area contributed by atoms with Gasteiger partial charge in [0.05, 0.1) is 6.10 Å². The monoisotopic (exact) mass is 282 g/mol. The molecule has 1 aromatic rings. The number of hydrogen-bond acceptors (Lipinski definition) is 3. The van der Waals surface area contributed by atoms with Crippen LogP contribution in [-0.2, 0) is 6.54 Å². The second kappa shape index (κ2) is 5.94. The minimum Gasteiger partial charge on any atom is -0.393 e. The van der Waals surface area contributed by atoms with Gasteiger partial charge in [-0.15, -0.1) is 0 Å². The van der Waals surface area contributed by atoms with E-state index in [9.17, 15) is 9.50 Å². The number of nitrogens with two attached hydrogens (primary N) is 1. The second-order valence-electron chi connectivity index (χ2n) is 5.35. The molecule has 104 valence electrons. The standard InChI is InChI=1S/C14H19FN2OS/c1-17(7-9-4-12(18)5-9)8-10-6-11(15)2-3-13(10)14(16)19/h2-3,6,9,12,18H,4-5,7-8H2,1H3,(H2,16,19). The Kier molecular flexibility index (Phi) is 4.50. The van der Waals surface area contributed by atoms with Crippen LogP contribution in [0.15, 0.2) is 18.2 Å². The Labute approximate surface area is 118 Å². The maximum Gasteiger partial charge on any atom is 0.123 e. The molecule has 0 atom stereocenters. The Morgan fingerprint density at radius 3 is 2.79 bits per heavy atom. The van der Waals surface area contributed by atoms with E-state index in [-0.39, 0.29) is 11.9 Å². The molecular formula is C14H19FN2OS. The van der Waals surface area contributed by atoms with E-state index in [1.54, 1.807) is 6.07 Å². The van der Waals surface area contributed by atoms with Gasteiger partial charge in [-0.2, -0.15) is 0 Å². The molecule has 2 rings (SSSR count). The Bertz CT molecular complexity index is 475. The fraction of sp³-hybridized carbons (Fsp3) is 0.500. The molecule has 1 aliphatic carbocycles. The van der Waals surface area contributed by atoms with Crippen LogP contribution in [-0.4, -0.2) is 34.7 Å². The highest BCUT2D eigenvalue weighted by molar-refractivity contribution is 7.80. The van der Waals surface area contributed by atoms with Gasteiger partial charge in [-0.05, 0) is 49.6 Å². The molecule has 1 saturated carbocycles. The molecule has 1 aliphatic rings. The molecule has 0 amide bonds. The topological polar surface area (TPSA) is 49.5 Å². The fourth-order valence-corrected chi connectivity index (χ4v) is 2.78. The quantitative estimate of drug-likeness (QED) is 0.807. The summed E-state index contributed by atoms with van der Waals surface area (Å²) in [6.45, 7) is 1.50. The molecule has 0 unspecified atom stereocenters. The lowest BCUT2D eigenvalue weighted by Crippen LogP contribution is -2.37. The normalized spacial score (nSPS) is 22.3. The van der Waals surface area contributed by atoms with Crippen LogP contribution in [0.2, 0.25) is 0 Å². The van der Waals surface area contributed by atoms with Crippen molar-refractivity contribution in [2.75, 3.05) is 13.6 Å². The fourth-order valence-electron chi connectivity index (χ4n) is 2.58. The van der Waals surface area contributed by atoms with Crippen LogP contribution < -0.4 is 5.73 Å². The van der Waals surface area contributed by atoms with E-state index in [2.05, 4.69) is 4.90 Å². The molecular weight excluding hydrogens is 263 g/mol. The first kappa shape index (κ1) is 14.4. The Morgan fingerprint density at radius 2 is 2.21 bits per heavy atom. The first-order valence-electron chi connectivity index (χ1n) is 6.40. The van der Waals surface area contributed by atoms with E-state index in [1.807, 2.05) is 7.05 Å². The van der Waals surface area contributed by atoms with Crippen molar-refractivity contribution in [3.05, 3.63) is 35.1 Å². The predicted octanol–water partition coefficient (Wildman–Crippen LogP) is 1.66. The summed E-state index contributed by atoms with van der Waals surface area (Å²) in [5.74, 6) is 0.254. The third-order valence-electron chi connectivity index (χ3n) is 3.55. The van der Waals surface area contributed by atoms with Gasteiger partial charge in [-0.3, -0.25) is 0 Å². The SMILES string of the molecule is CN(Cc1cc(F)ccc1C(N)=S)CC1CC(O)C1. The van der Waals surface area contributed by atoms with Gasteiger partial charge in [-0.1, -0.05) is 12.2 Å². The van der Waals surface area contributed by atoms with Crippen LogP contribution in [0.1, 0.15) is 24.0 Å². The number of benzene rings is 1. The number of hydrogen-bond donors (Lipinski definition) is 2. The highest BCUT2D eigenvalue weighted by Crippen LogP contribution is 2.28. The zero-order valence-corrected chi connectivity index (χ0v) is 11.8. The lowest BCUT2D eigenvalue weighted by atomic mass is 9.82. The predicted molar refractivity (Wildman–Crippen MR) is 77.4 cm³/mol. The molecule has 19 heavy (non-hydrogen) atoms. The molecule has 0 aromatic heterocycles. The summed E-state index contributed by atoms with van der Waals surface area (Å²) in [6, 6.07) is 4.49. The van der Waals surface area contributed by atoms with Gasteiger partial charge in [0, 0.05) is 18.7 Å². The zero-order chi connectivity index (χ0) is 14.0. The number of thiocarbonyl (C=S) groups is 1. The third-order valence-corrected chi connectivity index (χ3v) is 3.77. The van der Waals surface area contributed by atoms with Crippen LogP contribution in [0.25, 0.3) is 0 Å². The van der Waals surface area contributed by atoms with Crippen molar-refractivity contribution >= 4 is 17.2 Å². The smallest absolute Gasteiger partial charge is 0.123 e. The summed E-state index contributed by atoms with van der Waals surface area (Å²) in [7, 11) is 1.99. The van der Waals surface area contributed by atoms with Crippen molar-refractivity contribution in [2.45, 2.75) is 25.5 Å². The molecule has 0 saturated heterocycles. The van der Waals surface area contributed by atoms with E-state index in [4.69, 9.17) is 18.0 Å². The summed E-state index contributed by atoms with van der Waals surface area (Å²) >= 11 is 4.99. The van der Waals surface area contributed by atoms with E-state index in [1.165, 1.54) is 12.1 Å². The Hall–Kier alpha value is -1.04. The molecule has 0 radical (unpaired) electrons. The van der Waals surface area contributed by atoms with Crippen LogP contribution in [0.5, 0.6) is 0 Å². The van der Waals surface area contributed by atoms with Gasteiger partial charge < -0.3 is 15.7 Å². The van der Waals surface area contributed by atoms with E-state index < -0.39 is 0 Å². The maximum absolute atomic E-state index is 13.3. The van der Waals surface area contributed by atoms with Crippen LogP contribution in [0, 0.1) is 11.7 Å². The highest BCUT2D eigenvalue weighted by atomic mass is 32.1. The first-order valence-corrected chi connectivity index (χ1v) is 6.81. The zero-order valence-electron chi connectivity index (χ0n) is 11.0. The number of aliphatic hydroxyl groups is 1. The van der Waals surface area contributed by atoms with Crippen molar-refractivity contribution < 1.29 is 9.50 Å². The number of rotatable bonds is 5. The largest absolute Gasteiger partial charge is 0.393 e. The number of halogens is 1. The summed E-state index contributed by atoms with van der Waals surface area (Å²) in [6.07, 6.45) is 1.57. The van der Waals surface area contributed by atoms with E-state index in [0.29, 0.717) is 17.5 Å². The van der Waals surface area contributed by atoms with Crippen molar-refractivity contribution in [1.29, 1.82) is 0 Å². The lowest BCUT2D eigenvalue weighted by molar-refractivity contribution is 0.0274. The van der Waals surface area contributed by atoms with Gasteiger partial charge in [0.2, 0.25) is 0 Å². The van der Waals surface area contributed by atoms with Gasteiger partial charge >= 0.3 is 0 Å². The molecule has 3 nitrogen and oxygen atoms in total. The average Bonchev–Trinajstić information content (AvgIpc) is 2.26. The second-order valence-corrected chi connectivity index (χ2v) is 5.79.